The van der Waals surface area contributed by atoms with Crippen LogP contribution in [0.15, 0.2) is 34.2 Å². The van der Waals surface area contributed by atoms with Crippen LogP contribution in [0.25, 0.3) is 6.08 Å². The predicted molar refractivity (Wildman–Crippen MR) is 90.3 cm³/mol. The van der Waals surface area contributed by atoms with Gasteiger partial charge in [-0.1, -0.05) is 12.1 Å². The van der Waals surface area contributed by atoms with E-state index >= 15 is 0 Å². The normalized spacial score (nSPS) is 21.1. The third-order valence-corrected chi connectivity index (χ3v) is 5.03. The second kappa shape index (κ2) is 7.16. The van der Waals surface area contributed by atoms with Crippen LogP contribution in [0.1, 0.15) is 5.56 Å². The highest BCUT2D eigenvalue weighted by Crippen LogP contribution is 2.30. The van der Waals surface area contributed by atoms with Crippen molar-refractivity contribution in [3.05, 3.63) is 34.7 Å². The first-order valence-corrected chi connectivity index (χ1v) is 8.48. The average molecular weight is 334 g/mol. The van der Waals surface area contributed by atoms with Crippen LogP contribution in [0, 0.1) is 0 Å². The van der Waals surface area contributed by atoms with Crippen LogP contribution in [0.5, 0.6) is 5.75 Å². The zero-order valence-electron chi connectivity index (χ0n) is 12.7. The van der Waals surface area contributed by atoms with Crippen LogP contribution in [-0.2, 0) is 4.79 Å². The number of thioether (sulfide) groups is 1. The summed E-state index contributed by atoms with van der Waals surface area (Å²) >= 11 is 1.39. The molecule has 0 radical (unpaired) electrons. The van der Waals surface area contributed by atoms with E-state index in [1.165, 1.54) is 16.7 Å². The summed E-state index contributed by atoms with van der Waals surface area (Å²) < 4.78 is 0. The standard InChI is InChI=1S/C16H19N3O3S/c20-9-8-18-4-6-19(7-5-18)16-17-15(22)14(23-16)11-12-2-1-3-13(21)10-12/h1-3,10-11,20-21H,4-9H2/p+1/b14-11-. The molecule has 3 N–H and O–H groups in total. The fraction of sp³-hybridized carbons (Fsp3) is 0.375. The van der Waals surface area contributed by atoms with Gasteiger partial charge in [0.1, 0.15) is 12.3 Å². The lowest BCUT2D eigenvalue weighted by Crippen LogP contribution is -3.15. The van der Waals surface area contributed by atoms with Gasteiger partial charge in [0, 0.05) is 0 Å². The molecule has 1 aromatic rings. The minimum atomic E-state index is -0.224. The molecule has 1 saturated heterocycles. The summed E-state index contributed by atoms with van der Waals surface area (Å²) in [5.74, 6) is -0.0441. The Balaban J connectivity index is 1.64. The Labute approximate surface area is 139 Å². The minimum absolute atomic E-state index is 0.180. The van der Waals surface area contributed by atoms with Gasteiger partial charge in [-0.2, -0.15) is 4.99 Å². The highest BCUT2D eigenvalue weighted by atomic mass is 32.2. The molecular weight excluding hydrogens is 314 g/mol. The quantitative estimate of drug-likeness (QED) is 0.653. The van der Waals surface area contributed by atoms with E-state index in [1.807, 2.05) is 6.07 Å². The van der Waals surface area contributed by atoms with Gasteiger partial charge in [-0.05, 0) is 35.5 Å². The third kappa shape index (κ3) is 3.93. The van der Waals surface area contributed by atoms with Gasteiger partial charge in [-0.3, -0.25) is 4.79 Å². The van der Waals surface area contributed by atoms with E-state index in [-0.39, 0.29) is 18.3 Å². The van der Waals surface area contributed by atoms with E-state index < -0.39 is 0 Å². The second-order valence-corrected chi connectivity index (χ2v) is 6.62. The van der Waals surface area contributed by atoms with Crippen LogP contribution in [-0.4, -0.2) is 65.5 Å². The number of aliphatic hydroxyl groups excluding tert-OH is 1. The summed E-state index contributed by atoms with van der Waals surface area (Å²) in [4.78, 5) is 20.3. The number of aromatic hydroxyl groups is 1. The molecule has 3 rings (SSSR count). The van der Waals surface area contributed by atoms with Crippen LogP contribution >= 0.6 is 11.8 Å². The highest BCUT2D eigenvalue weighted by molar-refractivity contribution is 8.18. The Morgan fingerprint density at radius 1 is 1.35 bits per heavy atom. The SMILES string of the molecule is O=C1N=C(N2CC[NH+](CCO)CC2)S/C1=C\c1cccc(O)c1. The Morgan fingerprint density at radius 3 is 2.83 bits per heavy atom. The lowest BCUT2D eigenvalue weighted by Gasteiger charge is -2.32. The first-order valence-electron chi connectivity index (χ1n) is 7.66. The van der Waals surface area contributed by atoms with Crippen molar-refractivity contribution >= 4 is 28.9 Å². The number of amidine groups is 1. The monoisotopic (exact) mass is 334 g/mol. The summed E-state index contributed by atoms with van der Waals surface area (Å²) in [6, 6.07) is 6.81. The van der Waals surface area contributed by atoms with E-state index in [2.05, 4.69) is 9.89 Å². The molecule has 0 atom stereocenters. The largest absolute Gasteiger partial charge is 0.508 e. The van der Waals surface area contributed by atoms with Gasteiger partial charge in [-0.15, -0.1) is 0 Å². The molecule has 0 aliphatic carbocycles. The van der Waals surface area contributed by atoms with E-state index in [4.69, 9.17) is 5.11 Å². The number of aliphatic hydroxyl groups is 1. The molecule has 6 nitrogen and oxygen atoms in total. The minimum Gasteiger partial charge on any atom is -0.508 e. The van der Waals surface area contributed by atoms with Crippen molar-refractivity contribution in [2.45, 2.75) is 0 Å². The van der Waals surface area contributed by atoms with E-state index in [9.17, 15) is 9.90 Å². The summed E-state index contributed by atoms with van der Waals surface area (Å²) in [6.45, 7) is 4.55. The van der Waals surface area contributed by atoms with E-state index in [0.717, 1.165) is 43.5 Å². The molecular formula is C16H20N3O3S+. The Bertz CT molecular complexity index is 652. The van der Waals surface area contributed by atoms with Crippen LogP contribution in [0.2, 0.25) is 0 Å². The Kier molecular flexibility index (Phi) is 5.00. The molecule has 1 aromatic carbocycles. The summed E-state index contributed by atoms with van der Waals surface area (Å²) in [6.07, 6.45) is 1.76. The molecule has 23 heavy (non-hydrogen) atoms. The number of quaternary nitrogens is 1. The van der Waals surface area contributed by atoms with Gasteiger partial charge in [-0.25, -0.2) is 0 Å². The van der Waals surface area contributed by atoms with Crippen molar-refractivity contribution in [1.82, 2.24) is 4.90 Å². The number of carbonyl (C=O) groups excluding carboxylic acids is 1. The summed E-state index contributed by atoms with van der Waals surface area (Å²) in [7, 11) is 0. The molecule has 2 heterocycles. The number of aliphatic imine (C=N–C) groups is 1. The van der Waals surface area contributed by atoms with Gasteiger partial charge in [0.05, 0.1) is 37.7 Å². The second-order valence-electron chi connectivity index (χ2n) is 5.62. The van der Waals surface area contributed by atoms with Crippen LogP contribution in [0.4, 0.5) is 0 Å². The van der Waals surface area contributed by atoms with Gasteiger partial charge in [0.25, 0.3) is 5.91 Å². The molecule has 0 aromatic heterocycles. The van der Waals surface area contributed by atoms with Gasteiger partial charge >= 0.3 is 0 Å². The van der Waals surface area contributed by atoms with Gasteiger partial charge in [0.15, 0.2) is 5.17 Å². The fourth-order valence-corrected chi connectivity index (χ4v) is 3.69. The van der Waals surface area contributed by atoms with Crippen LogP contribution in [0.3, 0.4) is 0 Å². The van der Waals surface area contributed by atoms with Crippen molar-refractivity contribution in [3.8, 4) is 5.75 Å². The predicted octanol–water partition coefficient (Wildman–Crippen LogP) is -0.445. The first kappa shape index (κ1) is 16.0. The molecule has 1 fully saturated rings. The number of hydrogen-bond donors (Lipinski definition) is 3. The smallest absolute Gasteiger partial charge is 0.286 e. The average Bonchev–Trinajstić information content (AvgIpc) is 2.89. The van der Waals surface area contributed by atoms with Crippen molar-refractivity contribution in [1.29, 1.82) is 0 Å². The maximum Gasteiger partial charge on any atom is 0.286 e. The topological polar surface area (TPSA) is 77.6 Å². The molecule has 0 saturated carbocycles. The van der Waals surface area contributed by atoms with Crippen LogP contribution < -0.4 is 4.90 Å². The fourth-order valence-electron chi connectivity index (χ4n) is 2.72. The zero-order valence-corrected chi connectivity index (χ0v) is 13.6. The number of rotatable bonds is 3. The van der Waals surface area contributed by atoms with Crippen molar-refractivity contribution in [3.63, 3.8) is 0 Å². The molecule has 7 heteroatoms. The third-order valence-electron chi connectivity index (χ3n) is 3.98. The van der Waals surface area contributed by atoms with Crippen molar-refractivity contribution < 1.29 is 19.9 Å². The molecule has 122 valence electrons. The number of hydrogen-bond acceptors (Lipinski definition) is 5. The Morgan fingerprint density at radius 2 is 2.13 bits per heavy atom. The number of carbonyl (C=O) groups is 1. The lowest BCUT2D eigenvalue weighted by molar-refractivity contribution is -0.904. The summed E-state index contributed by atoms with van der Waals surface area (Å²) in [5, 5.41) is 19.2. The Hall–Kier alpha value is -1.83. The molecule has 0 bridgehead atoms. The zero-order chi connectivity index (χ0) is 16.2. The molecule has 0 unspecified atom stereocenters. The highest BCUT2D eigenvalue weighted by Gasteiger charge is 2.29. The number of benzene rings is 1. The van der Waals surface area contributed by atoms with Crippen molar-refractivity contribution in [2.75, 3.05) is 39.3 Å². The van der Waals surface area contributed by atoms with Crippen molar-refractivity contribution in [2.24, 2.45) is 4.99 Å². The van der Waals surface area contributed by atoms with E-state index in [1.54, 1.807) is 24.3 Å². The van der Waals surface area contributed by atoms with Gasteiger partial charge < -0.3 is 20.0 Å². The maximum atomic E-state index is 12.1. The molecule has 2 aliphatic rings. The molecule has 0 spiro atoms. The van der Waals surface area contributed by atoms with Gasteiger partial charge in [0.2, 0.25) is 0 Å². The number of nitrogens with zero attached hydrogens (tertiary/aromatic N) is 2. The number of nitrogens with one attached hydrogen (secondary N) is 1. The number of piperazine rings is 1. The molecule has 2 aliphatic heterocycles. The summed E-state index contributed by atoms with van der Waals surface area (Å²) in [5.41, 5.74) is 0.787. The maximum absolute atomic E-state index is 12.1. The number of phenols is 1. The molecule has 1 amide bonds. The number of phenolic OH excluding ortho intramolecular Hbond substituents is 1. The lowest BCUT2D eigenvalue weighted by atomic mass is 10.2. The first-order chi connectivity index (χ1) is 11.2. The van der Waals surface area contributed by atoms with E-state index in [0.29, 0.717) is 4.91 Å². The number of amides is 1.